The van der Waals surface area contributed by atoms with Gasteiger partial charge in [0.1, 0.15) is 16.2 Å². The summed E-state index contributed by atoms with van der Waals surface area (Å²) in [5.74, 6) is -0.596. The second-order valence-electron chi connectivity index (χ2n) is 4.39. The maximum Gasteiger partial charge on any atom is 0.245 e. The highest BCUT2D eigenvalue weighted by atomic mass is 79.9. The highest BCUT2D eigenvalue weighted by Crippen LogP contribution is 2.27. The van der Waals surface area contributed by atoms with E-state index in [0.717, 1.165) is 0 Å². The average molecular weight is 351 g/mol. The Morgan fingerprint density at radius 3 is 2.47 bits per heavy atom. The van der Waals surface area contributed by atoms with Crippen molar-refractivity contribution in [2.24, 2.45) is 5.73 Å². The lowest BCUT2D eigenvalue weighted by Crippen LogP contribution is -2.52. The minimum Gasteiger partial charge on any atom is -0.495 e. The van der Waals surface area contributed by atoms with Gasteiger partial charge in [0, 0.05) is 4.47 Å². The number of benzene rings is 1. The van der Waals surface area contributed by atoms with E-state index in [1.165, 1.54) is 33.1 Å². The lowest BCUT2D eigenvalue weighted by Gasteiger charge is -2.22. The number of methoxy groups -OCH3 is 1. The molecule has 8 heteroatoms. The van der Waals surface area contributed by atoms with Crippen molar-refractivity contribution in [3.05, 3.63) is 22.7 Å². The number of primary amides is 1. The molecule has 0 fully saturated rings. The molecule has 1 amide bonds. The Hall–Kier alpha value is -1.12. The van der Waals surface area contributed by atoms with Crippen LogP contribution in [-0.4, -0.2) is 27.0 Å². The van der Waals surface area contributed by atoms with Gasteiger partial charge in [-0.15, -0.1) is 0 Å². The van der Waals surface area contributed by atoms with Gasteiger partial charge in [-0.2, -0.15) is 4.72 Å². The number of amides is 1. The minimum absolute atomic E-state index is 0.0706. The van der Waals surface area contributed by atoms with Gasteiger partial charge >= 0.3 is 0 Å². The van der Waals surface area contributed by atoms with Crippen molar-refractivity contribution >= 4 is 31.9 Å². The second-order valence-corrected chi connectivity index (χ2v) is 6.96. The van der Waals surface area contributed by atoms with Crippen molar-refractivity contribution in [1.29, 1.82) is 0 Å². The first-order valence-corrected chi connectivity index (χ1v) is 7.55. The zero-order chi connectivity index (χ0) is 14.8. The number of sulfonamides is 1. The predicted octanol–water partition coefficient (Wildman–Crippen LogP) is 1.000. The quantitative estimate of drug-likeness (QED) is 0.827. The summed E-state index contributed by atoms with van der Waals surface area (Å²) in [5, 5.41) is 0. The van der Waals surface area contributed by atoms with Crippen molar-refractivity contribution < 1.29 is 17.9 Å². The largest absolute Gasteiger partial charge is 0.495 e. The van der Waals surface area contributed by atoms with E-state index in [4.69, 9.17) is 10.5 Å². The molecule has 0 unspecified atom stereocenters. The lowest BCUT2D eigenvalue weighted by atomic mass is 10.1. The molecule has 0 bridgehead atoms. The van der Waals surface area contributed by atoms with Gasteiger partial charge in [-0.3, -0.25) is 4.79 Å². The number of nitrogens with one attached hydrogen (secondary N) is 1. The molecule has 1 rings (SSSR count). The fourth-order valence-corrected chi connectivity index (χ4v) is 3.40. The number of nitrogens with two attached hydrogens (primary N) is 1. The Labute approximate surface area is 120 Å². The average Bonchev–Trinajstić information content (AvgIpc) is 2.27. The lowest BCUT2D eigenvalue weighted by molar-refractivity contribution is -0.122. The Morgan fingerprint density at radius 1 is 1.42 bits per heavy atom. The topological polar surface area (TPSA) is 98.5 Å². The molecule has 3 N–H and O–H groups in total. The van der Waals surface area contributed by atoms with Crippen molar-refractivity contribution in [2.45, 2.75) is 24.3 Å². The molecule has 0 radical (unpaired) electrons. The highest BCUT2D eigenvalue weighted by molar-refractivity contribution is 9.10. The summed E-state index contributed by atoms with van der Waals surface area (Å²) in [7, 11) is -2.57. The third-order valence-electron chi connectivity index (χ3n) is 2.42. The van der Waals surface area contributed by atoms with E-state index in [9.17, 15) is 13.2 Å². The minimum atomic E-state index is -3.93. The van der Waals surface area contributed by atoms with E-state index in [2.05, 4.69) is 20.7 Å². The van der Waals surface area contributed by atoms with E-state index in [-0.39, 0.29) is 10.6 Å². The number of carbonyl (C=O) groups is 1. The molecular formula is C11H15BrN2O4S. The Kier molecular flexibility index (Phi) is 4.59. The smallest absolute Gasteiger partial charge is 0.245 e. The van der Waals surface area contributed by atoms with E-state index >= 15 is 0 Å². The number of hydrogen-bond acceptors (Lipinski definition) is 4. The first-order valence-electron chi connectivity index (χ1n) is 5.27. The van der Waals surface area contributed by atoms with E-state index in [1.807, 2.05) is 0 Å². The van der Waals surface area contributed by atoms with Gasteiger partial charge in [0.05, 0.1) is 7.11 Å². The summed E-state index contributed by atoms with van der Waals surface area (Å²) >= 11 is 3.19. The van der Waals surface area contributed by atoms with Gasteiger partial charge in [-0.25, -0.2) is 8.42 Å². The third kappa shape index (κ3) is 3.68. The molecule has 1 aromatic rings. The van der Waals surface area contributed by atoms with Crippen LogP contribution >= 0.6 is 15.9 Å². The summed E-state index contributed by atoms with van der Waals surface area (Å²) < 4.78 is 32.4. The summed E-state index contributed by atoms with van der Waals surface area (Å²) in [4.78, 5) is 11.1. The molecule has 0 aromatic heterocycles. The van der Waals surface area contributed by atoms with Crippen LogP contribution in [-0.2, 0) is 14.8 Å². The molecule has 0 aliphatic rings. The Balaban J connectivity index is 3.28. The Bertz CT molecular complexity index is 599. The second kappa shape index (κ2) is 5.48. The van der Waals surface area contributed by atoms with Crippen molar-refractivity contribution in [2.75, 3.05) is 7.11 Å². The molecule has 6 nitrogen and oxygen atoms in total. The molecule has 0 atom stereocenters. The molecule has 0 heterocycles. The van der Waals surface area contributed by atoms with Gasteiger partial charge < -0.3 is 10.5 Å². The zero-order valence-electron chi connectivity index (χ0n) is 10.7. The van der Waals surface area contributed by atoms with Gasteiger partial charge in [-0.1, -0.05) is 15.9 Å². The monoisotopic (exact) mass is 350 g/mol. The molecule has 1 aromatic carbocycles. The van der Waals surface area contributed by atoms with Crippen molar-refractivity contribution in [1.82, 2.24) is 4.72 Å². The Morgan fingerprint density at radius 2 is 2.00 bits per heavy atom. The van der Waals surface area contributed by atoms with Crippen LogP contribution in [0.25, 0.3) is 0 Å². The summed E-state index contributed by atoms with van der Waals surface area (Å²) in [6.45, 7) is 2.77. The molecular weight excluding hydrogens is 336 g/mol. The highest BCUT2D eigenvalue weighted by Gasteiger charge is 2.32. The van der Waals surface area contributed by atoms with Crippen LogP contribution in [0.1, 0.15) is 13.8 Å². The van der Waals surface area contributed by atoms with Gasteiger partial charge in [-0.05, 0) is 32.0 Å². The number of ether oxygens (including phenoxy) is 1. The van der Waals surface area contributed by atoms with E-state index < -0.39 is 21.5 Å². The molecule has 0 saturated carbocycles. The maximum atomic E-state index is 12.3. The van der Waals surface area contributed by atoms with Crippen LogP contribution in [0.15, 0.2) is 27.6 Å². The van der Waals surface area contributed by atoms with E-state index in [1.54, 1.807) is 6.07 Å². The van der Waals surface area contributed by atoms with Crippen LogP contribution in [0.3, 0.4) is 0 Å². The third-order valence-corrected chi connectivity index (χ3v) is 4.59. The summed E-state index contributed by atoms with van der Waals surface area (Å²) in [6, 6.07) is 4.55. The van der Waals surface area contributed by atoms with Crippen molar-refractivity contribution in [3.63, 3.8) is 0 Å². The first kappa shape index (κ1) is 15.9. The van der Waals surface area contributed by atoms with Gasteiger partial charge in [0.25, 0.3) is 0 Å². The molecule has 106 valence electrons. The van der Waals surface area contributed by atoms with Crippen molar-refractivity contribution in [3.8, 4) is 5.75 Å². The molecule has 0 saturated heterocycles. The fourth-order valence-electron chi connectivity index (χ4n) is 1.30. The number of carbonyl (C=O) groups excluding carboxylic acids is 1. The van der Waals surface area contributed by atoms with E-state index in [0.29, 0.717) is 4.47 Å². The first-order chi connectivity index (χ1) is 8.60. The maximum absolute atomic E-state index is 12.3. The van der Waals surface area contributed by atoms with Crippen LogP contribution in [0.4, 0.5) is 0 Å². The molecule has 19 heavy (non-hydrogen) atoms. The number of hydrogen-bond donors (Lipinski definition) is 2. The molecule has 0 spiro atoms. The molecule has 0 aliphatic carbocycles. The zero-order valence-corrected chi connectivity index (χ0v) is 13.1. The standard InChI is InChI=1S/C11H15BrN2O4S/c1-11(2,10(13)15)14-19(16,17)9-6-7(12)4-5-8(9)18-3/h4-6,14H,1-3H3,(H2,13,15). The number of halogens is 1. The molecule has 0 aliphatic heterocycles. The number of rotatable bonds is 5. The van der Waals surface area contributed by atoms with Crippen LogP contribution in [0.5, 0.6) is 5.75 Å². The summed E-state index contributed by atoms with van der Waals surface area (Å²) in [6.07, 6.45) is 0. The predicted molar refractivity (Wildman–Crippen MR) is 74.3 cm³/mol. The van der Waals surface area contributed by atoms with Gasteiger partial charge in [0.15, 0.2) is 0 Å². The SMILES string of the molecule is COc1ccc(Br)cc1S(=O)(=O)NC(C)(C)C(N)=O. The normalized spacial score (nSPS) is 12.2. The van der Waals surface area contributed by atoms with Crippen LogP contribution < -0.4 is 15.2 Å². The fraction of sp³-hybridized carbons (Fsp3) is 0.364. The van der Waals surface area contributed by atoms with Crippen LogP contribution in [0.2, 0.25) is 0 Å². The van der Waals surface area contributed by atoms with Gasteiger partial charge in [0.2, 0.25) is 15.9 Å². The summed E-state index contributed by atoms with van der Waals surface area (Å²) in [5.41, 5.74) is 3.75. The van der Waals surface area contributed by atoms with Crippen LogP contribution in [0, 0.1) is 0 Å².